The average molecular weight is 378 g/mol. The van der Waals surface area contributed by atoms with Crippen LogP contribution in [0.5, 0.6) is 0 Å². The van der Waals surface area contributed by atoms with Crippen molar-refractivity contribution in [2.75, 3.05) is 17.7 Å². The molecule has 26 heavy (non-hydrogen) atoms. The van der Waals surface area contributed by atoms with Crippen LogP contribution in [0.2, 0.25) is 0 Å². The summed E-state index contributed by atoms with van der Waals surface area (Å²) < 4.78 is 28.1. The van der Waals surface area contributed by atoms with E-state index in [0.717, 1.165) is 6.26 Å². The third-order valence-electron chi connectivity index (χ3n) is 3.70. The highest BCUT2D eigenvalue weighted by molar-refractivity contribution is 7.90. The van der Waals surface area contributed by atoms with Gasteiger partial charge in [0.25, 0.3) is 5.91 Å². The highest BCUT2D eigenvalue weighted by Gasteiger charge is 2.20. The van der Waals surface area contributed by atoms with Crippen molar-refractivity contribution in [1.29, 1.82) is 0 Å². The van der Waals surface area contributed by atoms with Crippen molar-refractivity contribution in [2.45, 2.75) is 31.2 Å². The van der Waals surface area contributed by atoms with Gasteiger partial charge in [0.15, 0.2) is 15.6 Å². The summed E-state index contributed by atoms with van der Waals surface area (Å²) in [6, 6.07) is 9.21. The fraction of sp³-hybridized carbons (Fsp3) is 0.333. The van der Waals surface area contributed by atoms with Crippen molar-refractivity contribution in [2.24, 2.45) is 0 Å². The van der Waals surface area contributed by atoms with Crippen molar-refractivity contribution in [1.82, 2.24) is 5.32 Å². The molecular weight excluding hydrogens is 356 g/mol. The van der Waals surface area contributed by atoms with Gasteiger partial charge in [0.2, 0.25) is 5.91 Å². The number of nitrogens with zero attached hydrogens (tertiary/aromatic N) is 1. The highest BCUT2D eigenvalue weighted by Crippen LogP contribution is 2.21. The monoisotopic (exact) mass is 378 g/mol. The molecule has 8 heteroatoms. The molecule has 2 aromatic rings. The van der Waals surface area contributed by atoms with E-state index in [4.69, 9.17) is 4.42 Å². The fourth-order valence-corrected chi connectivity index (χ4v) is 3.11. The van der Waals surface area contributed by atoms with Gasteiger partial charge in [0.05, 0.1) is 11.2 Å². The van der Waals surface area contributed by atoms with Gasteiger partial charge < -0.3 is 14.6 Å². The molecule has 1 heterocycles. The minimum absolute atomic E-state index is 0.110. The van der Waals surface area contributed by atoms with Gasteiger partial charge in [-0.15, -0.1) is 0 Å². The van der Waals surface area contributed by atoms with Gasteiger partial charge in [0, 0.05) is 31.0 Å². The number of anilines is 1. The van der Waals surface area contributed by atoms with E-state index in [1.165, 1.54) is 18.4 Å². The molecule has 0 aliphatic carbocycles. The molecule has 1 aromatic carbocycles. The Bertz CT molecular complexity index is 855. The van der Waals surface area contributed by atoms with E-state index in [1.807, 2.05) is 13.8 Å². The first-order chi connectivity index (χ1) is 12.2. The molecule has 0 spiro atoms. The number of carbonyl (C=O) groups excluding carboxylic acids is 2. The summed E-state index contributed by atoms with van der Waals surface area (Å²) in [5.74, 6) is -0.363. The number of amides is 2. The molecule has 0 saturated heterocycles. The number of benzene rings is 1. The first-order valence-electron chi connectivity index (χ1n) is 8.14. The van der Waals surface area contributed by atoms with Crippen LogP contribution in [0.15, 0.2) is 52.0 Å². The third kappa shape index (κ3) is 4.95. The van der Waals surface area contributed by atoms with Crippen LogP contribution in [0, 0.1) is 0 Å². The number of rotatable bonds is 7. The molecule has 140 valence electrons. The minimum Gasteiger partial charge on any atom is -0.459 e. The maximum Gasteiger partial charge on any atom is 0.286 e. The summed E-state index contributed by atoms with van der Waals surface area (Å²) in [7, 11) is -3.29. The molecule has 7 nitrogen and oxygen atoms in total. The number of hydrogen-bond acceptors (Lipinski definition) is 5. The second kappa shape index (κ2) is 8.18. The largest absolute Gasteiger partial charge is 0.459 e. The second-order valence-electron chi connectivity index (χ2n) is 6.11. The second-order valence-corrected chi connectivity index (χ2v) is 8.12. The van der Waals surface area contributed by atoms with Crippen molar-refractivity contribution in [3.8, 4) is 0 Å². The van der Waals surface area contributed by atoms with E-state index >= 15 is 0 Å². The zero-order valence-corrected chi connectivity index (χ0v) is 15.7. The van der Waals surface area contributed by atoms with Crippen molar-refractivity contribution < 1.29 is 22.4 Å². The molecule has 0 saturated carbocycles. The molecule has 0 radical (unpaired) electrons. The molecular formula is C18H22N2O5S. The number of nitrogens with one attached hydrogen (secondary N) is 1. The molecule has 1 aromatic heterocycles. The molecule has 0 unspecified atom stereocenters. The number of sulfone groups is 1. The lowest BCUT2D eigenvalue weighted by molar-refractivity contribution is -0.118. The van der Waals surface area contributed by atoms with E-state index in [0.29, 0.717) is 5.69 Å². The van der Waals surface area contributed by atoms with Gasteiger partial charge in [-0.1, -0.05) is 0 Å². The van der Waals surface area contributed by atoms with Gasteiger partial charge in [-0.05, 0) is 50.2 Å². The lowest BCUT2D eigenvalue weighted by atomic mass is 10.2. The lowest BCUT2D eigenvalue weighted by Crippen LogP contribution is -2.39. The normalized spacial score (nSPS) is 11.4. The maximum atomic E-state index is 12.6. The standard InChI is InChI=1S/C18H22N2O5S/c1-13(2)20(14-6-8-15(9-7-14)26(3,23)24)17(21)10-11-19-18(22)16-5-4-12-25-16/h4-9,12-13H,10-11H2,1-3H3,(H,19,22). The Morgan fingerprint density at radius 1 is 1.15 bits per heavy atom. The summed E-state index contributed by atoms with van der Waals surface area (Å²) in [5, 5.41) is 2.63. The molecule has 2 rings (SSSR count). The Labute approximate surface area is 152 Å². The van der Waals surface area contributed by atoms with E-state index in [1.54, 1.807) is 29.2 Å². The smallest absolute Gasteiger partial charge is 0.286 e. The number of hydrogen-bond donors (Lipinski definition) is 1. The average Bonchev–Trinajstić information content (AvgIpc) is 3.08. The lowest BCUT2D eigenvalue weighted by Gasteiger charge is -2.27. The zero-order chi connectivity index (χ0) is 19.3. The van der Waals surface area contributed by atoms with Gasteiger partial charge in [0.1, 0.15) is 0 Å². The van der Waals surface area contributed by atoms with Gasteiger partial charge in [-0.3, -0.25) is 9.59 Å². The predicted molar refractivity (Wildman–Crippen MR) is 97.8 cm³/mol. The van der Waals surface area contributed by atoms with E-state index < -0.39 is 9.84 Å². The summed E-state index contributed by atoms with van der Waals surface area (Å²) in [5.41, 5.74) is 0.606. The summed E-state index contributed by atoms with van der Waals surface area (Å²) >= 11 is 0. The number of furan rings is 1. The summed E-state index contributed by atoms with van der Waals surface area (Å²) in [4.78, 5) is 26.1. The van der Waals surface area contributed by atoms with Gasteiger partial charge >= 0.3 is 0 Å². The van der Waals surface area contributed by atoms with Crippen molar-refractivity contribution >= 4 is 27.3 Å². The Morgan fingerprint density at radius 3 is 2.31 bits per heavy atom. The fourth-order valence-electron chi connectivity index (χ4n) is 2.48. The molecule has 2 amide bonds. The van der Waals surface area contributed by atoms with E-state index in [-0.39, 0.29) is 41.5 Å². The summed E-state index contributed by atoms with van der Waals surface area (Å²) in [6.07, 6.45) is 2.65. The van der Waals surface area contributed by atoms with Gasteiger partial charge in [-0.25, -0.2) is 8.42 Å². The van der Waals surface area contributed by atoms with Crippen LogP contribution in [-0.2, 0) is 14.6 Å². The highest BCUT2D eigenvalue weighted by atomic mass is 32.2. The number of carbonyl (C=O) groups is 2. The van der Waals surface area contributed by atoms with Crippen LogP contribution < -0.4 is 10.2 Å². The van der Waals surface area contributed by atoms with Crippen LogP contribution in [0.25, 0.3) is 0 Å². The quantitative estimate of drug-likeness (QED) is 0.797. The van der Waals surface area contributed by atoms with E-state index in [9.17, 15) is 18.0 Å². The van der Waals surface area contributed by atoms with Crippen molar-refractivity contribution in [3.63, 3.8) is 0 Å². The topological polar surface area (TPSA) is 96.7 Å². The maximum absolute atomic E-state index is 12.6. The minimum atomic E-state index is -3.29. The van der Waals surface area contributed by atoms with Crippen LogP contribution in [-0.4, -0.2) is 39.1 Å². The van der Waals surface area contributed by atoms with Gasteiger partial charge in [-0.2, -0.15) is 0 Å². The summed E-state index contributed by atoms with van der Waals surface area (Å²) in [6.45, 7) is 3.90. The Balaban J connectivity index is 2.02. The molecule has 0 aliphatic rings. The van der Waals surface area contributed by atoms with Crippen molar-refractivity contribution in [3.05, 3.63) is 48.4 Å². The first-order valence-corrected chi connectivity index (χ1v) is 10.0. The Hall–Kier alpha value is -2.61. The molecule has 0 aliphatic heterocycles. The SMILES string of the molecule is CC(C)N(C(=O)CCNC(=O)c1ccco1)c1ccc(S(C)(=O)=O)cc1. The Morgan fingerprint density at radius 2 is 1.81 bits per heavy atom. The Kier molecular flexibility index (Phi) is 6.20. The molecule has 0 atom stereocenters. The third-order valence-corrected chi connectivity index (χ3v) is 4.83. The van der Waals surface area contributed by atoms with E-state index in [2.05, 4.69) is 5.32 Å². The van der Waals surface area contributed by atoms with Crippen LogP contribution in [0.4, 0.5) is 5.69 Å². The predicted octanol–water partition coefficient (Wildman–Crippen LogP) is 2.24. The van der Waals surface area contributed by atoms with Crippen LogP contribution in [0.3, 0.4) is 0 Å². The first kappa shape index (κ1) is 19.7. The van der Waals surface area contributed by atoms with Crippen LogP contribution in [0.1, 0.15) is 30.8 Å². The molecule has 0 fully saturated rings. The molecule has 0 bridgehead atoms. The zero-order valence-electron chi connectivity index (χ0n) is 14.9. The van der Waals surface area contributed by atoms with Crippen LogP contribution >= 0.6 is 0 Å². The molecule has 1 N–H and O–H groups in total.